The molecule has 8 nitrogen and oxygen atoms in total. The Morgan fingerprint density at radius 3 is 2.09 bits per heavy atom. The lowest BCUT2D eigenvalue weighted by atomic mass is 10.2. The molecule has 0 aromatic carbocycles. The van der Waals surface area contributed by atoms with E-state index in [9.17, 15) is 9.59 Å². The van der Waals surface area contributed by atoms with E-state index in [0.717, 1.165) is 19.4 Å². The monoisotopic (exact) mass is 337 g/mol. The van der Waals surface area contributed by atoms with Crippen molar-refractivity contribution in [3.8, 4) is 0 Å². The normalized spacial score (nSPS) is 13.0. The van der Waals surface area contributed by atoms with Gasteiger partial charge in [-0.1, -0.05) is 20.8 Å². The maximum absolute atomic E-state index is 11.2. The maximum atomic E-state index is 11.2. The van der Waals surface area contributed by atoms with Crippen LogP contribution < -0.4 is 27.4 Å². The molecule has 1 amide bonds. The number of likely N-dealkylation sites (N-methyl/N-ethyl adjacent to an activating group) is 1. The highest BCUT2D eigenvalue weighted by Crippen LogP contribution is 1.88. The molecule has 8 heteroatoms. The number of carbonyl (C=O) groups is 2. The molecule has 0 heterocycles. The van der Waals surface area contributed by atoms with Gasteiger partial charge in [0, 0.05) is 0 Å². The van der Waals surface area contributed by atoms with E-state index in [0.29, 0.717) is 13.1 Å². The van der Waals surface area contributed by atoms with Gasteiger partial charge in [0.2, 0.25) is 5.91 Å². The van der Waals surface area contributed by atoms with Crippen LogP contribution in [0.1, 0.15) is 40.0 Å². The molecule has 0 aromatic rings. The van der Waals surface area contributed by atoms with Gasteiger partial charge in [-0.25, -0.2) is 0 Å². The van der Waals surface area contributed by atoms with E-state index in [-0.39, 0.29) is 17.9 Å². The van der Waals surface area contributed by atoms with Crippen LogP contribution in [0.4, 0.5) is 0 Å². The number of ether oxygens (including phenoxy) is 1. The molecule has 23 heavy (non-hydrogen) atoms. The first-order valence-corrected chi connectivity index (χ1v) is 7.92. The molecule has 0 bridgehead atoms. The zero-order chi connectivity index (χ0) is 20.1. The highest BCUT2D eigenvalue weighted by molar-refractivity contribution is 5.81. The molecule has 2 atom stereocenters. The van der Waals surface area contributed by atoms with E-state index in [1.807, 2.05) is 20.8 Å². The average molecular weight is 338 g/mol. The highest BCUT2D eigenvalue weighted by Gasteiger charge is 2.11. The van der Waals surface area contributed by atoms with Gasteiger partial charge < -0.3 is 32.1 Å². The Balaban J connectivity index is -0.000000311. The van der Waals surface area contributed by atoms with Crippen LogP contribution in [0.25, 0.3) is 0 Å². The molecule has 0 fully saturated rings. The third kappa shape index (κ3) is 18.7. The van der Waals surface area contributed by atoms with Crippen molar-refractivity contribution in [1.29, 1.82) is 0 Å². The molecule has 0 rings (SSSR count). The topological polar surface area (TPSA) is 132 Å². The standard InChI is InChI=1S/C7H17N3O.C5H11NO2.C3H9N/c1-4-6(9-3)7(11)10-5-8-2;1-3-4(6)5(7)8-2;1-2-3-4/h6,8-9H,4-5H2,1-3H3,(H,10,11);4H,3,6H2,1-2H3;2-4H2,1H3/i/hD2. The van der Waals surface area contributed by atoms with Gasteiger partial charge in [0.1, 0.15) is 8.87 Å². The first kappa shape index (κ1) is 21.8. The van der Waals surface area contributed by atoms with Gasteiger partial charge in [-0.3, -0.25) is 9.59 Å². The number of methoxy groups -OCH3 is 1. The highest BCUT2D eigenvalue weighted by atomic mass is 16.5. The maximum Gasteiger partial charge on any atom is 0.322 e. The summed E-state index contributed by atoms with van der Waals surface area (Å²) in [5, 5.41) is 8.48. The van der Waals surface area contributed by atoms with Crippen molar-refractivity contribution in [3.05, 3.63) is 0 Å². The fraction of sp³-hybridized carbons (Fsp3) is 0.867. The molecule has 0 saturated heterocycles. The Hall–Kier alpha value is -1.22. The van der Waals surface area contributed by atoms with Crippen LogP contribution in [0, 0.1) is 0 Å². The number of nitrogens with one attached hydrogen (secondary N) is 3. The zero-order valence-electron chi connectivity index (χ0n) is 17.4. The predicted molar refractivity (Wildman–Crippen MR) is 94.8 cm³/mol. The van der Waals surface area contributed by atoms with Gasteiger partial charge in [0.05, 0.1) is 19.8 Å². The van der Waals surface area contributed by atoms with Crippen LogP contribution in [0.3, 0.4) is 0 Å². The van der Waals surface area contributed by atoms with Crippen LogP contribution >= 0.6 is 0 Å². The van der Waals surface area contributed by atoms with E-state index < -0.39 is 6.04 Å². The predicted octanol–water partition coefficient (Wildman–Crippen LogP) is -0.471. The van der Waals surface area contributed by atoms with Crippen LogP contribution in [-0.2, 0) is 14.3 Å². The molecule has 0 aliphatic rings. The minimum atomic E-state index is -0.477. The lowest BCUT2D eigenvalue weighted by molar-refractivity contribution is -0.142. The van der Waals surface area contributed by atoms with Crippen molar-refractivity contribution in [2.45, 2.75) is 52.1 Å². The third-order valence-corrected chi connectivity index (χ3v) is 2.66. The molecule has 0 saturated carbocycles. The minimum absolute atomic E-state index is 0.0457. The summed E-state index contributed by atoms with van der Waals surface area (Å²) in [7, 11) is 4.88. The number of amides is 1. The van der Waals surface area contributed by atoms with Crippen molar-refractivity contribution < 1.29 is 17.1 Å². The molecule has 7 N–H and O–H groups in total. The molecular formula is C15H37N5O3. The van der Waals surface area contributed by atoms with Gasteiger partial charge in [0.15, 0.2) is 0 Å². The first-order chi connectivity index (χ1) is 11.9. The Bertz CT molecular complexity index is 303. The van der Waals surface area contributed by atoms with Crippen LogP contribution in [0.15, 0.2) is 0 Å². The van der Waals surface area contributed by atoms with E-state index in [2.05, 4.69) is 32.1 Å². The molecule has 0 aliphatic heterocycles. The molecule has 2 unspecified atom stereocenters. The molecule has 140 valence electrons. The van der Waals surface area contributed by atoms with Gasteiger partial charge >= 0.3 is 5.97 Å². The Morgan fingerprint density at radius 1 is 1.22 bits per heavy atom. The Morgan fingerprint density at radius 2 is 1.87 bits per heavy atom. The third-order valence-electron chi connectivity index (χ3n) is 2.66. The minimum Gasteiger partial charge on any atom is -0.468 e. The van der Waals surface area contributed by atoms with Gasteiger partial charge in [-0.2, -0.15) is 0 Å². The van der Waals surface area contributed by atoms with E-state index >= 15 is 0 Å². The Labute approximate surface area is 144 Å². The molecule has 0 aromatic heterocycles. The molecule has 0 aliphatic carbocycles. The van der Waals surface area contributed by atoms with Crippen molar-refractivity contribution in [3.63, 3.8) is 0 Å². The van der Waals surface area contributed by atoms with E-state index in [4.69, 9.17) is 2.82 Å². The number of esters is 1. The SMILES string of the molecule is CCC(NC)C(=O)NCNC.[2H]NC(CC)C(=O)OC.[2H]NCCC. The summed E-state index contributed by atoms with van der Waals surface area (Å²) in [6.07, 6.45) is 2.44. The summed E-state index contributed by atoms with van der Waals surface area (Å²) in [5.74, 6) is -0.336. The second-order valence-electron chi connectivity index (χ2n) is 4.55. The number of carbonyl (C=O) groups excluding carboxylic acids is 2. The molecule has 0 spiro atoms. The van der Waals surface area contributed by atoms with Crippen molar-refractivity contribution in [1.82, 2.24) is 16.0 Å². The summed E-state index contributed by atoms with van der Waals surface area (Å²) in [6, 6.07) is -0.543. The summed E-state index contributed by atoms with van der Waals surface area (Å²) in [5.41, 5.74) is 4.35. The quantitative estimate of drug-likeness (QED) is 0.269. The van der Waals surface area contributed by atoms with Crippen molar-refractivity contribution in [2.24, 2.45) is 11.5 Å². The fourth-order valence-electron chi connectivity index (χ4n) is 1.13. The van der Waals surface area contributed by atoms with Crippen LogP contribution in [0.2, 0.25) is 2.82 Å². The lowest BCUT2D eigenvalue weighted by Crippen LogP contribution is -2.44. The summed E-state index contributed by atoms with van der Waals surface area (Å²) in [4.78, 5) is 21.7. The lowest BCUT2D eigenvalue weighted by Gasteiger charge is -2.12. The van der Waals surface area contributed by atoms with Crippen molar-refractivity contribution in [2.75, 3.05) is 34.4 Å². The van der Waals surface area contributed by atoms with E-state index in [1.165, 1.54) is 7.11 Å². The first-order valence-electron chi connectivity index (χ1n) is 8.92. The molecular weight excluding hydrogens is 298 g/mol. The zero-order valence-corrected chi connectivity index (χ0v) is 15.4. The van der Waals surface area contributed by atoms with Crippen molar-refractivity contribution >= 4 is 11.9 Å². The number of nitrogens with two attached hydrogens (primary N) is 2. The van der Waals surface area contributed by atoms with Gasteiger partial charge in [-0.15, -0.1) is 0 Å². The summed E-state index contributed by atoms with van der Waals surface area (Å²) < 4.78 is 17.4. The number of hydrogen-bond acceptors (Lipinski definition) is 7. The number of rotatable bonds is 10. The van der Waals surface area contributed by atoms with Crippen LogP contribution in [0.5, 0.6) is 0 Å². The second kappa shape index (κ2) is 20.8. The van der Waals surface area contributed by atoms with Gasteiger partial charge in [-0.05, 0) is 39.9 Å². The summed E-state index contributed by atoms with van der Waals surface area (Å²) >= 11 is 0. The average Bonchev–Trinajstić information content (AvgIpc) is 2.63. The fourth-order valence-corrected chi connectivity index (χ4v) is 1.13. The number of hydrogen-bond donors (Lipinski definition) is 5. The van der Waals surface area contributed by atoms with Gasteiger partial charge in [0.25, 0.3) is 0 Å². The smallest absolute Gasteiger partial charge is 0.322 e. The summed E-state index contributed by atoms with van der Waals surface area (Å²) in [6.45, 7) is 7.14. The second-order valence-corrected chi connectivity index (χ2v) is 4.55. The Kier molecular flexibility index (Phi) is 19.7. The van der Waals surface area contributed by atoms with Crippen LogP contribution in [-0.4, -0.2) is 58.4 Å². The molecule has 0 radical (unpaired) electrons. The van der Waals surface area contributed by atoms with E-state index in [1.54, 1.807) is 14.1 Å². The largest absolute Gasteiger partial charge is 0.468 e.